The van der Waals surface area contributed by atoms with Crippen LogP contribution in [0.25, 0.3) is 28.3 Å². The molecule has 0 aliphatic heterocycles. The number of anilines is 2. The second-order valence-corrected chi connectivity index (χ2v) is 8.30. The fourth-order valence-electron chi connectivity index (χ4n) is 3.48. The fourth-order valence-corrected chi connectivity index (χ4v) is 3.48. The van der Waals surface area contributed by atoms with Gasteiger partial charge in [0, 0.05) is 23.0 Å². The summed E-state index contributed by atoms with van der Waals surface area (Å²) in [6.45, 7) is 0.690. The van der Waals surface area contributed by atoms with Crippen LogP contribution in [0.4, 0.5) is 38.7 Å². The van der Waals surface area contributed by atoms with E-state index in [1.165, 1.54) is 6.07 Å². The first-order chi connectivity index (χ1) is 18.6. The average molecular weight is 545 g/mol. The number of alkyl halides is 3. The topological polar surface area (TPSA) is 123 Å². The van der Waals surface area contributed by atoms with Crippen molar-refractivity contribution in [3.63, 3.8) is 0 Å². The number of hydrogen-bond donors (Lipinski definition) is 3. The van der Waals surface area contributed by atoms with E-state index in [-0.39, 0.29) is 23.9 Å². The van der Waals surface area contributed by atoms with Gasteiger partial charge in [-0.15, -0.1) is 0 Å². The standard InChI is InChI=1S/C25H23F4N7O3/c1-2-3-9-39-24(38)35-22-18(26)12-31-21(34-22)16-7-8-36-19(13-30-20(36)11-16)15-5-4-6-17(10-15)33-23(37)32-14-25(27,28)29/h4-8,10-13H,2-3,9,14H2,1H3,(H2,32,33,37)(H,31,34,35,38). The van der Waals surface area contributed by atoms with Gasteiger partial charge in [-0.25, -0.2) is 28.9 Å². The second kappa shape index (κ2) is 11.8. The number of amides is 3. The number of pyridine rings is 1. The largest absolute Gasteiger partial charge is 0.449 e. The second-order valence-electron chi connectivity index (χ2n) is 8.30. The van der Waals surface area contributed by atoms with Crippen molar-refractivity contribution in [3.05, 3.63) is 60.8 Å². The van der Waals surface area contributed by atoms with E-state index in [9.17, 15) is 27.2 Å². The summed E-state index contributed by atoms with van der Waals surface area (Å²) in [6.07, 6.45) is 0.363. The maximum absolute atomic E-state index is 14.2. The molecule has 3 amide bonds. The number of nitrogens with zero attached hydrogens (tertiary/aromatic N) is 4. The highest BCUT2D eigenvalue weighted by molar-refractivity contribution is 5.90. The monoisotopic (exact) mass is 545 g/mol. The number of hydrogen-bond acceptors (Lipinski definition) is 6. The molecule has 204 valence electrons. The fraction of sp³-hybridized carbons (Fsp3) is 0.240. The molecule has 3 aromatic heterocycles. The third-order valence-corrected chi connectivity index (χ3v) is 5.33. The molecule has 4 aromatic rings. The van der Waals surface area contributed by atoms with Gasteiger partial charge in [-0.05, 0) is 30.7 Å². The lowest BCUT2D eigenvalue weighted by atomic mass is 10.1. The zero-order chi connectivity index (χ0) is 28.0. The van der Waals surface area contributed by atoms with Crippen LogP contribution in [-0.4, -0.2) is 50.8 Å². The Morgan fingerprint density at radius 1 is 1.05 bits per heavy atom. The Morgan fingerprint density at radius 3 is 2.64 bits per heavy atom. The van der Waals surface area contributed by atoms with Crippen molar-refractivity contribution >= 4 is 29.3 Å². The Kier molecular flexibility index (Phi) is 8.22. The molecule has 0 unspecified atom stereocenters. The molecule has 1 aromatic carbocycles. The smallest absolute Gasteiger partial charge is 0.412 e. The number of carbonyl (C=O) groups is 2. The molecule has 3 heterocycles. The van der Waals surface area contributed by atoms with E-state index < -0.39 is 30.7 Å². The van der Waals surface area contributed by atoms with Crippen molar-refractivity contribution in [1.82, 2.24) is 24.7 Å². The molecule has 0 saturated heterocycles. The summed E-state index contributed by atoms with van der Waals surface area (Å²) in [5.41, 5.74) is 2.54. The lowest BCUT2D eigenvalue weighted by Gasteiger charge is -2.11. The highest BCUT2D eigenvalue weighted by Gasteiger charge is 2.27. The van der Waals surface area contributed by atoms with Crippen molar-refractivity contribution in [3.8, 4) is 22.6 Å². The minimum atomic E-state index is -4.52. The molecule has 3 N–H and O–H groups in total. The number of imidazole rings is 1. The van der Waals surface area contributed by atoms with Gasteiger partial charge in [-0.3, -0.25) is 9.72 Å². The predicted molar refractivity (Wildman–Crippen MR) is 135 cm³/mol. The quantitative estimate of drug-likeness (QED) is 0.195. The molecule has 10 nitrogen and oxygen atoms in total. The van der Waals surface area contributed by atoms with E-state index in [1.807, 2.05) is 6.92 Å². The van der Waals surface area contributed by atoms with Gasteiger partial charge < -0.3 is 15.4 Å². The van der Waals surface area contributed by atoms with Crippen molar-refractivity contribution in [2.24, 2.45) is 0 Å². The van der Waals surface area contributed by atoms with Crippen LogP contribution >= 0.6 is 0 Å². The van der Waals surface area contributed by atoms with E-state index >= 15 is 0 Å². The summed E-state index contributed by atoms with van der Waals surface area (Å²) in [5.74, 6) is -1.01. The highest BCUT2D eigenvalue weighted by atomic mass is 19.4. The van der Waals surface area contributed by atoms with Gasteiger partial charge in [0.2, 0.25) is 0 Å². The number of aromatic nitrogens is 4. The number of nitrogens with one attached hydrogen (secondary N) is 3. The highest BCUT2D eigenvalue weighted by Crippen LogP contribution is 2.26. The molecular weight excluding hydrogens is 522 g/mol. The van der Waals surface area contributed by atoms with Gasteiger partial charge in [-0.1, -0.05) is 25.5 Å². The number of carbonyl (C=O) groups excluding carboxylic acids is 2. The third kappa shape index (κ3) is 7.18. The molecule has 0 aliphatic carbocycles. The van der Waals surface area contributed by atoms with Gasteiger partial charge in [-0.2, -0.15) is 13.2 Å². The van der Waals surface area contributed by atoms with Gasteiger partial charge in [0.05, 0.1) is 24.7 Å². The Hall–Kier alpha value is -4.75. The van der Waals surface area contributed by atoms with E-state index in [2.05, 4.69) is 25.6 Å². The summed E-state index contributed by atoms with van der Waals surface area (Å²) in [7, 11) is 0. The molecule has 0 fully saturated rings. The SMILES string of the molecule is CCCCOC(=O)Nc1nc(-c2ccn3c(-c4cccc(NC(=O)NCC(F)(F)F)c4)cnc3c2)ncc1F. The Balaban J connectivity index is 1.52. The Labute approximate surface area is 219 Å². The molecule has 14 heteroatoms. The zero-order valence-electron chi connectivity index (χ0n) is 20.6. The van der Waals surface area contributed by atoms with E-state index in [0.717, 1.165) is 12.6 Å². The van der Waals surface area contributed by atoms with Gasteiger partial charge in [0.15, 0.2) is 17.5 Å². The van der Waals surface area contributed by atoms with Crippen LogP contribution in [0.5, 0.6) is 0 Å². The molecule has 0 saturated carbocycles. The number of rotatable bonds is 8. The van der Waals surface area contributed by atoms with E-state index in [1.54, 1.807) is 52.4 Å². The van der Waals surface area contributed by atoms with Crippen molar-refractivity contribution in [1.29, 1.82) is 0 Å². The molecule has 0 atom stereocenters. The molecule has 0 spiro atoms. The van der Waals surface area contributed by atoms with Crippen LogP contribution < -0.4 is 16.0 Å². The lowest BCUT2D eigenvalue weighted by Crippen LogP contribution is -2.36. The first-order valence-corrected chi connectivity index (χ1v) is 11.8. The van der Waals surface area contributed by atoms with E-state index in [0.29, 0.717) is 28.9 Å². The average Bonchev–Trinajstić information content (AvgIpc) is 3.32. The van der Waals surface area contributed by atoms with Crippen molar-refractivity contribution in [2.45, 2.75) is 25.9 Å². The number of unbranched alkanes of at least 4 members (excludes halogenated alkanes) is 1. The summed E-state index contributed by atoms with van der Waals surface area (Å²) >= 11 is 0. The summed E-state index contributed by atoms with van der Waals surface area (Å²) in [5, 5.41) is 6.39. The molecule has 0 aliphatic rings. The molecular formula is C25H23F4N7O3. The number of ether oxygens (including phenoxy) is 1. The van der Waals surface area contributed by atoms with Gasteiger partial charge >= 0.3 is 18.3 Å². The minimum Gasteiger partial charge on any atom is -0.449 e. The number of fused-ring (bicyclic) bond motifs is 1. The lowest BCUT2D eigenvalue weighted by molar-refractivity contribution is -0.122. The van der Waals surface area contributed by atoms with Crippen LogP contribution in [-0.2, 0) is 4.74 Å². The Morgan fingerprint density at radius 2 is 1.87 bits per heavy atom. The molecule has 0 radical (unpaired) electrons. The molecule has 39 heavy (non-hydrogen) atoms. The van der Waals surface area contributed by atoms with E-state index in [4.69, 9.17) is 4.74 Å². The number of halogens is 4. The summed E-state index contributed by atoms with van der Waals surface area (Å²) in [6, 6.07) is 8.84. The zero-order valence-corrected chi connectivity index (χ0v) is 20.6. The minimum absolute atomic E-state index is 0.142. The summed E-state index contributed by atoms with van der Waals surface area (Å²) in [4.78, 5) is 36.2. The van der Waals surface area contributed by atoms with Crippen molar-refractivity contribution in [2.75, 3.05) is 23.8 Å². The first kappa shape index (κ1) is 27.3. The number of urea groups is 1. The maximum Gasteiger partial charge on any atom is 0.412 e. The third-order valence-electron chi connectivity index (χ3n) is 5.33. The predicted octanol–water partition coefficient (Wildman–Crippen LogP) is 5.63. The van der Waals surface area contributed by atoms with Crippen molar-refractivity contribution < 1.29 is 31.9 Å². The van der Waals surface area contributed by atoms with Crippen LogP contribution in [0.1, 0.15) is 19.8 Å². The van der Waals surface area contributed by atoms with Crippen LogP contribution in [0.3, 0.4) is 0 Å². The van der Waals surface area contributed by atoms with Gasteiger partial charge in [0.1, 0.15) is 12.2 Å². The first-order valence-electron chi connectivity index (χ1n) is 11.8. The molecule has 4 rings (SSSR count). The number of benzene rings is 1. The molecule has 0 bridgehead atoms. The van der Waals surface area contributed by atoms with Crippen LogP contribution in [0, 0.1) is 5.82 Å². The van der Waals surface area contributed by atoms with Crippen LogP contribution in [0.2, 0.25) is 0 Å². The maximum atomic E-state index is 14.2. The van der Waals surface area contributed by atoms with Crippen LogP contribution in [0.15, 0.2) is 55.0 Å². The summed E-state index contributed by atoms with van der Waals surface area (Å²) < 4.78 is 57.9. The van der Waals surface area contributed by atoms with Gasteiger partial charge in [0.25, 0.3) is 0 Å². The normalized spacial score (nSPS) is 11.3. The Bertz CT molecular complexity index is 1490.